The number of nitrogens with zero attached hydrogens (tertiary/aromatic N) is 2. The minimum absolute atomic E-state index is 0.0934. The Bertz CT molecular complexity index is 2590. The number of aryl methyl sites for hydroxylation is 4. The summed E-state index contributed by atoms with van der Waals surface area (Å²) in [5.74, 6) is 0.0934. The molecule has 0 bridgehead atoms. The van der Waals surface area contributed by atoms with Crippen molar-refractivity contribution in [1.82, 2.24) is 0 Å². The molecule has 1 aliphatic carbocycles. The van der Waals surface area contributed by atoms with Gasteiger partial charge in [-0.3, -0.25) is 0 Å². The fraction of sp³-hybridized carbons (Fsp3) is 0.148. The molecule has 0 heterocycles. The molecule has 0 fully saturated rings. The SMILES string of the molecule is C=C(CC)c1cc(-c2ccc(C#N)cc2)c(CC2c3ccc(-c4ccc(C)cc4C)cc3-c3cc(-c4ccc(C)cc4C)ccc32)c(-c2ccc(C#N)cc2)c1. The van der Waals surface area contributed by atoms with Crippen LogP contribution in [-0.2, 0) is 6.42 Å². The van der Waals surface area contributed by atoms with Crippen molar-refractivity contribution in [2.45, 2.75) is 53.4 Å². The summed E-state index contributed by atoms with van der Waals surface area (Å²) < 4.78 is 0. The summed E-state index contributed by atoms with van der Waals surface area (Å²) in [6, 6.07) is 52.7. The average Bonchev–Trinajstić information content (AvgIpc) is 3.52. The average molecular weight is 721 g/mol. The van der Waals surface area contributed by atoms with Crippen molar-refractivity contribution >= 4 is 5.57 Å². The molecule has 270 valence electrons. The van der Waals surface area contributed by atoms with Crippen LogP contribution in [0.4, 0.5) is 0 Å². The summed E-state index contributed by atoms with van der Waals surface area (Å²) in [5, 5.41) is 19.3. The highest BCUT2D eigenvalue weighted by atomic mass is 14.3. The van der Waals surface area contributed by atoms with E-state index in [4.69, 9.17) is 0 Å². The minimum atomic E-state index is 0.0934. The maximum absolute atomic E-state index is 9.67. The molecule has 0 N–H and O–H groups in total. The third-order valence-electron chi connectivity index (χ3n) is 11.7. The molecule has 0 atom stereocenters. The highest BCUT2D eigenvalue weighted by Gasteiger charge is 2.32. The summed E-state index contributed by atoms with van der Waals surface area (Å²) in [6.07, 6.45) is 1.59. The van der Waals surface area contributed by atoms with Gasteiger partial charge in [-0.25, -0.2) is 0 Å². The van der Waals surface area contributed by atoms with Gasteiger partial charge in [0.15, 0.2) is 0 Å². The number of benzene rings is 7. The van der Waals surface area contributed by atoms with Crippen LogP contribution in [0.5, 0.6) is 0 Å². The Labute approximate surface area is 331 Å². The highest BCUT2D eigenvalue weighted by Crippen LogP contribution is 2.51. The first-order valence-corrected chi connectivity index (χ1v) is 19.5. The zero-order chi connectivity index (χ0) is 39.1. The van der Waals surface area contributed by atoms with Gasteiger partial charge < -0.3 is 0 Å². The molecule has 2 heteroatoms. The summed E-state index contributed by atoms with van der Waals surface area (Å²) in [7, 11) is 0. The van der Waals surface area contributed by atoms with E-state index in [1.165, 1.54) is 72.3 Å². The van der Waals surface area contributed by atoms with Gasteiger partial charge in [-0.1, -0.05) is 110 Å². The van der Waals surface area contributed by atoms with Crippen molar-refractivity contribution in [1.29, 1.82) is 10.5 Å². The first kappa shape index (κ1) is 36.2. The lowest BCUT2D eigenvalue weighted by Crippen LogP contribution is -2.06. The van der Waals surface area contributed by atoms with Gasteiger partial charge in [0.05, 0.1) is 23.3 Å². The van der Waals surface area contributed by atoms with Gasteiger partial charge in [0.25, 0.3) is 0 Å². The number of nitriles is 2. The fourth-order valence-corrected chi connectivity index (χ4v) is 8.65. The van der Waals surface area contributed by atoms with Crippen molar-refractivity contribution in [2.75, 3.05) is 0 Å². The quantitative estimate of drug-likeness (QED) is 0.157. The Kier molecular flexibility index (Phi) is 9.60. The van der Waals surface area contributed by atoms with Gasteiger partial charge >= 0.3 is 0 Å². The minimum Gasteiger partial charge on any atom is -0.192 e. The number of hydrogen-bond acceptors (Lipinski definition) is 2. The van der Waals surface area contributed by atoms with Gasteiger partial charge in [-0.2, -0.15) is 10.5 Å². The third-order valence-corrected chi connectivity index (χ3v) is 11.7. The van der Waals surface area contributed by atoms with Crippen molar-refractivity contribution in [3.63, 3.8) is 0 Å². The molecule has 0 saturated heterocycles. The van der Waals surface area contributed by atoms with Crippen LogP contribution in [0.3, 0.4) is 0 Å². The molecule has 7 aromatic carbocycles. The lowest BCUT2D eigenvalue weighted by molar-refractivity contribution is 0.830. The van der Waals surface area contributed by atoms with E-state index >= 15 is 0 Å². The van der Waals surface area contributed by atoms with E-state index in [0.717, 1.165) is 46.2 Å². The number of hydrogen-bond donors (Lipinski definition) is 0. The van der Waals surface area contributed by atoms with Gasteiger partial charge in [-0.05, 0) is 184 Å². The van der Waals surface area contributed by atoms with Gasteiger partial charge in [0.1, 0.15) is 0 Å². The van der Waals surface area contributed by atoms with Crippen molar-refractivity contribution in [3.05, 3.63) is 196 Å². The smallest absolute Gasteiger partial charge is 0.0991 e. The molecule has 2 nitrogen and oxygen atoms in total. The number of rotatable bonds is 8. The van der Waals surface area contributed by atoms with Crippen LogP contribution in [0.1, 0.15) is 74.9 Å². The second kappa shape index (κ2) is 14.8. The van der Waals surface area contributed by atoms with Crippen LogP contribution in [0.15, 0.2) is 140 Å². The Morgan fingerprint density at radius 3 is 1.32 bits per heavy atom. The molecule has 0 radical (unpaired) electrons. The summed E-state index contributed by atoms with van der Waals surface area (Å²) in [6.45, 7) is 15.3. The van der Waals surface area contributed by atoms with Crippen molar-refractivity contribution in [3.8, 4) is 67.8 Å². The Morgan fingerprint density at radius 2 is 0.929 bits per heavy atom. The van der Waals surface area contributed by atoms with Crippen LogP contribution < -0.4 is 0 Å². The molecule has 0 aliphatic heterocycles. The van der Waals surface area contributed by atoms with E-state index in [0.29, 0.717) is 11.1 Å². The molecule has 0 spiro atoms. The lowest BCUT2D eigenvalue weighted by atomic mass is 9.81. The number of allylic oxidation sites excluding steroid dienone is 1. The van der Waals surface area contributed by atoms with E-state index in [1.54, 1.807) is 0 Å². The molecule has 0 aromatic heterocycles. The normalized spacial score (nSPS) is 11.8. The van der Waals surface area contributed by atoms with Crippen LogP contribution in [-0.4, -0.2) is 0 Å². The predicted octanol–water partition coefficient (Wildman–Crippen LogP) is 14.1. The third kappa shape index (κ3) is 6.66. The van der Waals surface area contributed by atoms with Crippen LogP contribution in [0, 0.1) is 50.4 Å². The predicted molar refractivity (Wildman–Crippen MR) is 233 cm³/mol. The second-order valence-corrected chi connectivity index (χ2v) is 15.4. The van der Waals surface area contributed by atoms with E-state index in [-0.39, 0.29) is 5.92 Å². The second-order valence-electron chi connectivity index (χ2n) is 15.4. The van der Waals surface area contributed by atoms with E-state index in [2.05, 4.69) is 163 Å². The molecule has 0 unspecified atom stereocenters. The Hall–Kier alpha value is -6.74. The largest absolute Gasteiger partial charge is 0.192 e. The first-order chi connectivity index (χ1) is 27.1. The summed E-state index contributed by atoms with van der Waals surface area (Å²) in [4.78, 5) is 0. The monoisotopic (exact) mass is 720 g/mol. The summed E-state index contributed by atoms with van der Waals surface area (Å²) >= 11 is 0. The molecule has 1 aliphatic rings. The van der Waals surface area contributed by atoms with Crippen LogP contribution in [0.25, 0.3) is 61.2 Å². The fourth-order valence-electron chi connectivity index (χ4n) is 8.65. The van der Waals surface area contributed by atoms with Crippen molar-refractivity contribution < 1.29 is 0 Å². The van der Waals surface area contributed by atoms with Gasteiger partial charge in [0, 0.05) is 5.92 Å². The Balaban J connectivity index is 1.36. The maximum atomic E-state index is 9.67. The molecule has 7 aromatic rings. The van der Waals surface area contributed by atoms with Crippen molar-refractivity contribution in [2.24, 2.45) is 0 Å². The number of fused-ring (bicyclic) bond motifs is 3. The zero-order valence-electron chi connectivity index (χ0n) is 32.8. The molecule has 0 amide bonds. The van der Waals surface area contributed by atoms with Gasteiger partial charge in [0.2, 0.25) is 0 Å². The molecule has 8 rings (SSSR count). The van der Waals surface area contributed by atoms with Crippen LogP contribution >= 0.6 is 0 Å². The van der Waals surface area contributed by atoms with E-state index < -0.39 is 0 Å². The van der Waals surface area contributed by atoms with E-state index in [9.17, 15) is 10.5 Å². The zero-order valence-corrected chi connectivity index (χ0v) is 32.8. The first-order valence-electron chi connectivity index (χ1n) is 19.5. The maximum Gasteiger partial charge on any atom is 0.0991 e. The van der Waals surface area contributed by atoms with Crippen LogP contribution in [0.2, 0.25) is 0 Å². The Morgan fingerprint density at radius 1 is 0.500 bits per heavy atom. The standard InChI is InChI=1S/C54H44N2/c1-7-35(4)44-28-49(40-14-10-38(31-55)11-15-40)54(50(29-44)41-16-12-39(32-56)13-17-41)30-53-47-22-18-42(45-20-8-33(2)24-36(45)5)26-51(47)52-27-43(19-23-48(52)53)46-21-9-34(3)25-37(46)6/h8-29,53H,4,7,30H2,1-3,5-6H3. The summed E-state index contributed by atoms with van der Waals surface area (Å²) in [5.41, 5.74) is 24.3. The molecular weight excluding hydrogens is 677 g/mol. The molecular formula is C54H44N2. The highest BCUT2D eigenvalue weighted by molar-refractivity contribution is 5.89. The molecule has 56 heavy (non-hydrogen) atoms. The lowest BCUT2D eigenvalue weighted by Gasteiger charge is -2.23. The molecule has 0 saturated carbocycles. The van der Waals surface area contributed by atoms with E-state index in [1.807, 2.05) is 24.3 Å². The topological polar surface area (TPSA) is 47.6 Å². The van der Waals surface area contributed by atoms with Gasteiger partial charge in [-0.15, -0.1) is 0 Å².